The van der Waals surface area contributed by atoms with Crippen LogP contribution in [0.2, 0.25) is 0 Å². The topological polar surface area (TPSA) is 49.9 Å². The van der Waals surface area contributed by atoms with Crippen molar-refractivity contribution in [3.8, 4) is 0 Å². The number of hydrogen-bond acceptors (Lipinski definition) is 4. The fourth-order valence-corrected chi connectivity index (χ4v) is 2.65. The molecule has 5 nitrogen and oxygen atoms in total. The van der Waals surface area contributed by atoms with Gasteiger partial charge in [0.2, 0.25) is 0 Å². The van der Waals surface area contributed by atoms with E-state index in [0.717, 1.165) is 17.7 Å². The number of carbonyl (C=O) groups excluding carboxylic acids is 2. The van der Waals surface area contributed by atoms with Crippen LogP contribution in [0.15, 0.2) is 30.3 Å². The zero-order valence-electron chi connectivity index (χ0n) is 12.2. The molecule has 1 saturated heterocycles. The molecule has 114 valence electrons. The van der Waals surface area contributed by atoms with Crippen molar-refractivity contribution in [1.29, 1.82) is 0 Å². The minimum atomic E-state index is -0.453. The molecule has 2 amide bonds. The largest absolute Gasteiger partial charge is 0.443 e. The maximum Gasteiger partial charge on any atom is 0.429 e. The summed E-state index contributed by atoms with van der Waals surface area (Å²) in [5.41, 5.74) is 0.935. The fraction of sp³-hybridized carbons (Fsp3) is 0.467. The second kappa shape index (κ2) is 7.93. The molecule has 0 unspecified atom stereocenters. The highest BCUT2D eigenvalue weighted by molar-refractivity contribution is 7.99. The van der Waals surface area contributed by atoms with Crippen LogP contribution < -0.4 is 0 Å². The van der Waals surface area contributed by atoms with E-state index in [2.05, 4.69) is 0 Å². The third kappa shape index (κ3) is 4.39. The summed E-state index contributed by atoms with van der Waals surface area (Å²) in [6, 6.07) is 9.52. The number of ether oxygens (including phenoxy) is 1. The number of nitrogens with zero attached hydrogens (tertiary/aromatic N) is 2. The molecular formula is C15H20N2O3S. The second-order valence-electron chi connectivity index (χ2n) is 4.67. The lowest BCUT2D eigenvalue weighted by Crippen LogP contribution is -2.45. The summed E-state index contributed by atoms with van der Waals surface area (Å²) >= 11 is 1.56. The molecule has 1 aliphatic heterocycles. The van der Waals surface area contributed by atoms with Gasteiger partial charge < -0.3 is 4.74 Å². The summed E-state index contributed by atoms with van der Waals surface area (Å²) < 4.78 is 5.28. The third-order valence-corrected chi connectivity index (χ3v) is 4.02. The molecule has 1 heterocycles. The van der Waals surface area contributed by atoms with E-state index in [1.165, 1.54) is 10.0 Å². The maximum absolute atomic E-state index is 12.1. The molecule has 0 aromatic heterocycles. The first-order valence-corrected chi connectivity index (χ1v) is 8.24. The van der Waals surface area contributed by atoms with E-state index in [1.807, 2.05) is 37.3 Å². The van der Waals surface area contributed by atoms with E-state index >= 15 is 0 Å². The van der Waals surface area contributed by atoms with Gasteiger partial charge in [0.1, 0.15) is 6.61 Å². The lowest BCUT2D eigenvalue weighted by Gasteiger charge is -2.27. The number of thioether (sulfide) groups is 1. The Morgan fingerprint density at radius 3 is 2.62 bits per heavy atom. The van der Waals surface area contributed by atoms with Gasteiger partial charge in [-0.05, 0) is 17.7 Å². The summed E-state index contributed by atoms with van der Waals surface area (Å²) in [5.74, 6) is 1.26. The van der Waals surface area contributed by atoms with Gasteiger partial charge in [-0.15, -0.1) is 0 Å². The summed E-state index contributed by atoms with van der Waals surface area (Å²) in [6.45, 7) is 3.36. The van der Waals surface area contributed by atoms with Gasteiger partial charge >= 0.3 is 6.09 Å². The van der Waals surface area contributed by atoms with Gasteiger partial charge in [0.25, 0.3) is 5.91 Å². The molecule has 1 aromatic carbocycles. The third-order valence-electron chi connectivity index (χ3n) is 3.16. The van der Waals surface area contributed by atoms with Crippen molar-refractivity contribution in [1.82, 2.24) is 10.0 Å². The van der Waals surface area contributed by atoms with Crippen molar-refractivity contribution in [2.24, 2.45) is 0 Å². The molecule has 0 spiro atoms. The number of rotatable bonds is 5. The van der Waals surface area contributed by atoms with Crippen LogP contribution in [0, 0.1) is 0 Å². The maximum atomic E-state index is 12.1. The molecule has 21 heavy (non-hydrogen) atoms. The predicted octanol–water partition coefficient (Wildman–Crippen LogP) is 2.53. The van der Waals surface area contributed by atoms with Gasteiger partial charge in [0.05, 0.1) is 5.75 Å². The average Bonchev–Trinajstić information content (AvgIpc) is 3.01. The summed E-state index contributed by atoms with van der Waals surface area (Å²) in [5, 5.41) is 2.93. The van der Waals surface area contributed by atoms with Crippen LogP contribution in [0.3, 0.4) is 0 Å². The zero-order chi connectivity index (χ0) is 15.1. The lowest BCUT2D eigenvalue weighted by atomic mass is 10.2. The Bertz CT molecular complexity index is 481. The molecule has 0 bridgehead atoms. The van der Waals surface area contributed by atoms with E-state index in [-0.39, 0.29) is 12.5 Å². The van der Waals surface area contributed by atoms with Crippen LogP contribution in [0.4, 0.5) is 4.79 Å². The van der Waals surface area contributed by atoms with Crippen molar-refractivity contribution in [3.05, 3.63) is 35.9 Å². The van der Waals surface area contributed by atoms with Crippen molar-refractivity contribution in [3.63, 3.8) is 0 Å². The minimum absolute atomic E-state index is 0.0315. The quantitative estimate of drug-likeness (QED) is 0.839. The molecule has 0 N–H and O–H groups in total. The Morgan fingerprint density at radius 2 is 1.90 bits per heavy atom. The first-order chi connectivity index (χ1) is 10.2. The van der Waals surface area contributed by atoms with Crippen LogP contribution in [-0.2, 0) is 16.1 Å². The number of amides is 2. The SMILES string of the molecule is CCSCC(=O)N1CCCN1C(=O)OCc1ccccc1. The highest BCUT2D eigenvalue weighted by Gasteiger charge is 2.31. The van der Waals surface area contributed by atoms with Crippen molar-refractivity contribution >= 4 is 23.8 Å². The van der Waals surface area contributed by atoms with E-state index in [4.69, 9.17) is 4.74 Å². The van der Waals surface area contributed by atoms with Crippen LogP contribution in [0.1, 0.15) is 18.9 Å². The molecular weight excluding hydrogens is 288 g/mol. The fourth-order valence-electron chi connectivity index (χ4n) is 2.12. The standard InChI is InChI=1S/C15H20N2O3S/c1-2-21-12-14(18)16-9-6-10-17(16)15(19)20-11-13-7-4-3-5-8-13/h3-5,7-8H,2,6,9-12H2,1H3. The highest BCUT2D eigenvalue weighted by Crippen LogP contribution is 2.15. The number of benzene rings is 1. The Labute approximate surface area is 129 Å². The highest BCUT2D eigenvalue weighted by atomic mass is 32.2. The Hall–Kier alpha value is -1.69. The van der Waals surface area contributed by atoms with Gasteiger partial charge in [0, 0.05) is 13.1 Å². The Kier molecular flexibility index (Phi) is 5.92. The normalized spacial score (nSPS) is 14.3. The van der Waals surface area contributed by atoms with Crippen molar-refractivity contribution in [2.45, 2.75) is 20.0 Å². The first-order valence-electron chi connectivity index (χ1n) is 7.08. The number of carbonyl (C=O) groups is 2. The number of hydrogen-bond donors (Lipinski definition) is 0. The molecule has 0 radical (unpaired) electrons. The van der Waals surface area contributed by atoms with Gasteiger partial charge in [-0.1, -0.05) is 37.3 Å². The van der Waals surface area contributed by atoms with Gasteiger partial charge in [0.15, 0.2) is 0 Å². The smallest absolute Gasteiger partial charge is 0.429 e. The molecule has 0 atom stereocenters. The van der Waals surface area contributed by atoms with E-state index in [1.54, 1.807) is 11.8 Å². The zero-order valence-corrected chi connectivity index (χ0v) is 13.0. The van der Waals surface area contributed by atoms with Gasteiger partial charge in [-0.25, -0.2) is 14.8 Å². The van der Waals surface area contributed by atoms with Crippen molar-refractivity contribution < 1.29 is 14.3 Å². The van der Waals surface area contributed by atoms with E-state index in [0.29, 0.717) is 18.8 Å². The van der Waals surface area contributed by atoms with Crippen LogP contribution in [0.25, 0.3) is 0 Å². The molecule has 1 fully saturated rings. The minimum Gasteiger partial charge on any atom is -0.443 e. The first kappa shape index (κ1) is 15.7. The summed E-state index contributed by atoms with van der Waals surface area (Å²) in [6.07, 6.45) is 0.342. The molecule has 2 rings (SSSR count). The van der Waals surface area contributed by atoms with Crippen LogP contribution in [0.5, 0.6) is 0 Å². The van der Waals surface area contributed by atoms with Gasteiger partial charge in [-0.3, -0.25) is 4.79 Å². The number of hydrazine groups is 1. The monoisotopic (exact) mass is 308 g/mol. The predicted molar refractivity (Wildman–Crippen MR) is 82.7 cm³/mol. The average molecular weight is 308 g/mol. The second-order valence-corrected chi connectivity index (χ2v) is 5.95. The molecule has 1 aromatic rings. The Balaban J connectivity index is 1.87. The summed E-state index contributed by atoms with van der Waals surface area (Å²) in [4.78, 5) is 24.2. The molecule has 0 aliphatic carbocycles. The van der Waals surface area contributed by atoms with Crippen LogP contribution in [-0.4, -0.2) is 46.6 Å². The molecule has 1 aliphatic rings. The Morgan fingerprint density at radius 1 is 1.19 bits per heavy atom. The molecule has 6 heteroatoms. The van der Waals surface area contributed by atoms with Crippen molar-refractivity contribution in [2.75, 3.05) is 24.6 Å². The van der Waals surface area contributed by atoms with E-state index < -0.39 is 6.09 Å². The van der Waals surface area contributed by atoms with Gasteiger partial charge in [-0.2, -0.15) is 11.8 Å². The lowest BCUT2D eigenvalue weighted by molar-refractivity contribution is -0.138. The van der Waals surface area contributed by atoms with E-state index in [9.17, 15) is 9.59 Å². The summed E-state index contributed by atoms with van der Waals surface area (Å²) in [7, 11) is 0. The van der Waals surface area contributed by atoms with Crippen LogP contribution >= 0.6 is 11.8 Å². The molecule has 0 saturated carbocycles.